The molecule has 0 fully saturated rings. The molecule has 0 saturated heterocycles. The maximum absolute atomic E-state index is 12.4. The van der Waals surface area contributed by atoms with Crippen molar-refractivity contribution in [1.29, 1.82) is 0 Å². The summed E-state index contributed by atoms with van der Waals surface area (Å²) in [5, 5.41) is 5.67. The number of carbonyl (C=O) groups is 2. The quantitative estimate of drug-likeness (QED) is 0.756. The molecular weight excluding hydrogens is 328 g/mol. The van der Waals surface area contributed by atoms with Gasteiger partial charge in [-0.25, -0.2) is 0 Å². The lowest BCUT2D eigenvalue weighted by molar-refractivity contribution is -0.118. The molecule has 2 rings (SSSR count). The Morgan fingerprint density at radius 1 is 0.962 bits per heavy atom. The average molecular weight is 354 g/mol. The van der Waals surface area contributed by atoms with E-state index in [1.54, 1.807) is 42.5 Å². The van der Waals surface area contributed by atoms with Crippen LogP contribution in [0, 0.1) is 5.92 Å². The minimum Gasteiger partial charge on any atom is -0.491 e. The third-order valence-corrected chi connectivity index (χ3v) is 3.94. The Bertz CT molecular complexity index is 754. The van der Waals surface area contributed by atoms with Crippen molar-refractivity contribution in [2.45, 2.75) is 40.2 Å². The topological polar surface area (TPSA) is 67.4 Å². The number of benzene rings is 2. The first-order valence-corrected chi connectivity index (χ1v) is 8.88. The smallest absolute Gasteiger partial charge is 0.255 e. The molecular formula is C21H26N2O3. The SMILES string of the molecule is CCC(C)Oc1cccc(C(=O)Nc2ccc(NC(=O)C(C)C)cc2)c1. The Balaban J connectivity index is 2.01. The van der Waals surface area contributed by atoms with E-state index in [4.69, 9.17) is 4.74 Å². The van der Waals surface area contributed by atoms with Crippen LogP contribution in [0.1, 0.15) is 44.5 Å². The number of amides is 2. The molecule has 2 N–H and O–H groups in total. The standard InChI is InChI=1S/C21H26N2O3/c1-5-15(4)26-19-8-6-7-16(13-19)21(25)23-18-11-9-17(10-12-18)22-20(24)14(2)3/h6-15H,5H2,1-4H3,(H,22,24)(H,23,25). The van der Waals surface area contributed by atoms with Crippen molar-refractivity contribution in [3.63, 3.8) is 0 Å². The molecule has 0 aliphatic heterocycles. The molecule has 0 aliphatic carbocycles. The zero-order chi connectivity index (χ0) is 19.1. The maximum atomic E-state index is 12.4. The van der Waals surface area contributed by atoms with Crippen LogP contribution in [-0.4, -0.2) is 17.9 Å². The summed E-state index contributed by atoms with van der Waals surface area (Å²) in [6.45, 7) is 7.72. The van der Waals surface area contributed by atoms with Crippen LogP contribution < -0.4 is 15.4 Å². The van der Waals surface area contributed by atoms with Gasteiger partial charge in [-0.1, -0.05) is 26.8 Å². The van der Waals surface area contributed by atoms with Gasteiger partial charge in [0, 0.05) is 22.9 Å². The van der Waals surface area contributed by atoms with Crippen LogP contribution in [-0.2, 0) is 4.79 Å². The molecule has 2 amide bonds. The second-order valence-corrected chi connectivity index (χ2v) is 6.54. The fourth-order valence-corrected chi connectivity index (χ4v) is 2.15. The van der Waals surface area contributed by atoms with E-state index in [1.807, 2.05) is 26.8 Å². The van der Waals surface area contributed by atoms with Gasteiger partial charge in [-0.3, -0.25) is 9.59 Å². The predicted molar refractivity (Wildman–Crippen MR) is 105 cm³/mol. The zero-order valence-corrected chi connectivity index (χ0v) is 15.7. The van der Waals surface area contributed by atoms with Crippen molar-refractivity contribution >= 4 is 23.2 Å². The third kappa shape index (κ3) is 5.62. The van der Waals surface area contributed by atoms with Crippen LogP contribution in [0.5, 0.6) is 5.75 Å². The van der Waals surface area contributed by atoms with Gasteiger partial charge >= 0.3 is 0 Å². The first-order chi connectivity index (χ1) is 12.4. The Morgan fingerprint density at radius 3 is 2.15 bits per heavy atom. The summed E-state index contributed by atoms with van der Waals surface area (Å²) in [6, 6.07) is 14.2. The maximum Gasteiger partial charge on any atom is 0.255 e. The second kappa shape index (κ2) is 9.04. The third-order valence-electron chi connectivity index (χ3n) is 3.94. The molecule has 1 atom stereocenters. The molecule has 2 aromatic rings. The van der Waals surface area contributed by atoms with Gasteiger partial charge in [0.1, 0.15) is 5.75 Å². The van der Waals surface area contributed by atoms with Crippen molar-refractivity contribution < 1.29 is 14.3 Å². The Morgan fingerprint density at radius 2 is 1.58 bits per heavy atom. The number of rotatable bonds is 7. The molecule has 26 heavy (non-hydrogen) atoms. The van der Waals surface area contributed by atoms with Crippen molar-refractivity contribution in [3.8, 4) is 5.75 Å². The van der Waals surface area contributed by atoms with Crippen LogP contribution in [0.2, 0.25) is 0 Å². The van der Waals surface area contributed by atoms with Crippen molar-refractivity contribution in [2.75, 3.05) is 10.6 Å². The van der Waals surface area contributed by atoms with E-state index in [9.17, 15) is 9.59 Å². The monoisotopic (exact) mass is 354 g/mol. The molecule has 0 saturated carbocycles. The molecule has 0 radical (unpaired) electrons. The van der Waals surface area contributed by atoms with Crippen molar-refractivity contribution in [1.82, 2.24) is 0 Å². The lowest BCUT2D eigenvalue weighted by Gasteiger charge is -2.13. The van der Waals surface area contributed by atoms with Crippen LogP contribution in [0.25, 0.3) is 0 Å². The van der Waals surface area contributed by atoms with E-state index in [1.165, 1.54) is 0 Å². The largest absolute Gasteiger partial charge is 0.491 e. The molecule has 0 heterocycles. The number of hydrogen-bond acceptors (Lipinski definition) is 3. The first-order valence-electron chi connectivity index (χ1n) is 8.88. The normalized spacial score (nSPS) is 11.7. The first kappa shape index (κ1) is 19.5. The fourth-order valence-electron chi connectivity index (χ4n) is 2.15. The number of anilines is 2. The summed E-state index contributed by atoms with van der Waals surface area (Å²) in [5.74, 6) is 0.344. The van der Waals surface area contributed by atoms with Gasteiger partial charge in [-0.05, 0) is 55.8 Å². The number of hydrogen-bond donors (Lipinski definition) is 2. The molecule has 0 aliphatic rings. The summed E-state index contributed by atoms with van der Waals surface area (Å²) >= 11 is 0. The van der Waals surface area contributed by atoms with Crippen molar-refractivity contribution in [3.05, 3.63) is 54.1 Å². The Labute approximate surface area is 154 Å². The van der Waals surface area contributed by atoms with E-state index in [-0.39, 0.29) is 23.8 Å². The number of nitrogens with one attached hydrogen (secondary N) is 2. The summed E-state index contributed by atoms with van der Waals surface area (Å²) in [7, 11) is 0. The number of carbonyl (C=O) groups excluding carboxylic acids is 2. The van der Waals surface area contributed by atoms with E-state index in [0.717, 1.165) is 6.42 Å². The van der Waals surface area contributed by atoms with Crippen LogP contribution in [0.15, 0.2) is 48.5 Å². The van der Waals surface area contributed by atoms with Gasteiger partial charge in [0.25, 0.3) is 5.91 Å². The summed E-state index contributed by atoms with van der Waals surface area (Å²) in [4.78, 5) is 24.1. The highest BCUT2D eigenvalue weighted by atomic mass is 16.5. The fraction of sp³-hybridized carbons (Fsp3) is 0.333. The lowest BCUT2D eigenvalue weighted by Crippen LogP contribution is -2.17. The van der Waals surface area contributed by atoms with Crippen LogP contribution in [0.3, 0.4) is 0 Å². The molecule has 1 unspecified atom stereocenters. The van der Waals surface area contributed by atoms with Gasteiger partial charge < -0.3 is 15.4 Å². The summed E-state index contributed by atoms with van der Waals surface area (Å²) in [5.41, 5.74) is 1.89. The van der Waals surface area contributed by atoms with E-state index in [2.05, 4.69) is 17.6 Å². The van der Waals surface area contributed by atoms with Gasteiger partial charge in [-0.15, -0.1) is 0 Å². The lowest BCUT2D eigenvalue weighted by atomic mass is 10.2. The molecule has 138 valence electrons. The molecule has 0 aromatic heterocycles. The minimum absolute atomic E-state index is 0.0418. The highest BCUT2D eigenvalue weighted by Crippen LogP contribution is 2.19. The van der Waals surface area contributed by atoms with E-state index >= 15 is 0 Å². The van der Waals surface area contributed by atoms with Gasteiger partial charge in [0.15, 0.2) is 0 Å². The molecule has 5 heteroatoms. The highest BCUT2D eigenvalue weighted by molar-refractivity contribution is 6.04. The Hall–Kier alpha value is -2.82. The zero-order valence-electron chi connectivity index (χ0n) is 15.7. The van der Waals surface area contributed by atoms with E-state index < -0.39 is 0 Å². The predicted octanol–water partition coefficient (Wildman–Crippen LogP) is 4.71. The van der Waals surface area contributed by atoms with Gasteiger partial charge in [0.05, 0.1) is 6.10 Å². The number of ether oxygens (including phenoxy) is 1. The molecule has 2 aromatic carbocycles. The van der Waals surface area contributed by atoms with Crippen LogP contribution in [0.4, 0.5) is 11.4 Å². The molecule has 0 bridgehead atoms. The Kier molecular flexibility index (Phi) is 6.78. The average Bonchev–Trinajstić information content (AvgIpc) is 2.63. The minimum atomic E-state index is -0.210. The van der Waals surface area contributed by atoms with Gasteiger partial charge in [-0.2, -0.15) is 0 Å². The van der Waals surface area contributed by atoms with Gasteiger partial charge in [0.2, 0.25) is 5.91 Å². The van der Waals surface area contributed by atoms with Crippen LogP contribution >= 0.6 is 0 Å². The van der Waals surface area contributed by atoms with Crippen molar-refractivity contribution in [2.24, 2.45) is 5.92 Å². The highest BCUT2D eigenvalue weighted by Gasteiger charge is 2.10. The molecule has 5 nitrogen and oxygen atoms in total. The summed E-state index contributed by atoms with van der Waals surface area (Å²) < 4.78 is 5.76. The second-order valence-electron chi connectivity index (χ2n) is 6.54. The van der Waals surface area contributed by atoms with E-state index in [0.29, 0.717) is 22.7 Å². The summed E-state index contributed by atoms with van der Waals surface area (Å²) in [6.07, 6.45) is 0.998. The molecule has 0 spiro atoms.